The minimum Gasteiger partial charge on any atom is -0.460 e. The number of hydrogen-bond donors (Lipinski definition) is 0. The van der Waals surface area contributed by atoms with Crippen LogP contribution in [0.25, 0.3) is 0 Å². The molecule has 0 unspecified atom stereocenters. The van der Waals surface area contributed by atoms with Gasteiger partial charge in [0.25, 0.3) is 0 Å². The van der Waals surface area contributed by atoms with Crippen LogP contribution >= 0.6 is 0 Å². The van der Waals surface area contributed by atoms with Crippen LogP contribution in [0.5, 0.6) is 0 Å². The van der Waals surface area contributed by atoms with Gasteiger partial charge in [0.1, 0.15) is 5.60 Å². The lowest BCUT2D eigenvalue weighted by Crippen LogP contribution is -2.27. The molecule has 65 valence electrons. The maximum atomic E-state index is 11.1. The van der Waals surface area contributed by atoms with Crippen LogP contribution in [0.1, 0.15) is 34.1 Å². The van der Waals surface area contributed by atoms with Crippen LogP contribution in [-0.2, 0) is 9.53 Å². The van der Waals surface area contributed by atoms with Crippen LogP contribution < -0.4 is 0 Å². The molecule has 0 aliphatic rings. The highest BCUT2D eigenvalue weighted by atomic mass is 16.6. The first-order valence-electron chi connectivity index (χ1n) is 3.89. The van der Waals surface area contributed by atoms with E-state index in [1.807, 2.05) is 27.7 Å². The predicted molar refractivity (Wildman–Crippen MR) is 45.0 cm³/mol. The van der Waals surface area contributed by atoms with E-state index in [1.54, 1.807) is 0 Å². The fraction of sp³-hybridized carbons (Fsp3) is 0.778. The highest BCUT2D eigenvalue weighted by Gasteiger charge is 2.19. The van der Waals surface area contributed by atoms with Gasteiger partial charge in [-0.1, -0.05) is 13.8 Å². The normalized spacial score (nSPS) is 14.3. The number of rotatable bonds is 2. The quantitative estimate of drug-likeness (QED) is 0.574. The smallest absolute Gasteiger partial charge is 0.309 e. The molecule has 0 saturated heterocycles. The van der Waals surface area contributed by atoms with Crippen LogP contribution in [0.15, 0.2) is 0 Å². The van der Waals surface area contributed by atoms with Crippen LogP contribution in [0.4, 0.5) is 0 Å². The van der Waals surface area contributed by atoms with Crippen molar-refractivity contribution in [2.75, 3.05) is 0 Å². The van der Waals surface area contributed by atoms with E-state index < -0.39 is 0 Å². The van der Waals surface area contributed by atoms with Crippen molar-refractivity contribution < 1.29 is 9.53 Å². The van der Waals surface area contributed by atoms with Gasteiger partial charge in [-0.3, -0.25) is 4.79 Å². The molecular formula is C9H17O2. The summed E-state index contributed by atoms with van der Waals surface area (Å²) < 4.78 is 5.11. The molecule has 0 heterocycles. The van der Waals surface area contributed by atoms with Gasteiger partial charge in [-0.25, -0.2) is 0 Å². The monoisotopic (exact) mass is 157 g/mol. The molecule has 0 N–H and O–H groups in total. The van der Waals surface area contributed by atoms with Crippen molar-refractivity contribution in [3.8, 4) is 0 Å². The van der Waals surface area contributed by atoms with E-state index in [4.69, 9.17) is 4.74 Å². The molecule has 0 aromatic rings. The van der Waals surface area contributed by atoms with Crippen molar-refractivity contribution in [2.24, 2.45) is 5.92 Å². The lowest BCUT2D eigenvalue weighted by atomic mass is 10.1. The van der Waals surface area contributed by atoms with Gasteiger partial charge in [0.15, 0.2) is 0 Å². The van der Waals surface area contributed by atoms with Gasteiger partial charge >= 0.3 is 5.97 Å². The standard InChI is InChI=1S/C9H17O2/c1-6-7(2)8(10)11-9(3,4)5/h7H,1,6H2,2-5H3/t7-/m1/s1. The Hall–Kier alpha value is -0.530. The summed E-state index contributed by atoms with van der Waals surface area (Å²) in [5, 5.41) is 0. The fourth-order valence-electron chi connectivity index (χ4n) is 0.520. The third-order valence-electron chi connectivity index (χ3n) is 1.24. The average Bonchev–Trinajstić information content (AvgIpc) is 1.82. The molecule has 0 aromatic heterocycles. The van der Waals surface area contributed by atoms with Gasteiger partial charge in [-0.2, -0.15) is 0 Å². The van der Waals surface area contributed by atoms with Crippen LogP contribution in [0, 0.1) is 12.8 Å². The molecule has 2 nitrogen and oxygen atoms in total. The van der Waals surface area contributed by atoms with Crippen molar-refractivity contribution in [3.05, 3.63) is 6.92 Å². The Morgan fingerprint density at radius 2 is 2.00 bits per heavy atom. The molecule has 0 aliphatic carbocycles. The maximum Gasteiger partial charge on any atom is 0.309 e. The molecule has 0 saturated carbocycles. The largest absolute Gasteiger partial charge is 0.460 e. The summed E-state index contributed by atoms with van der Waals surface area (Å²) in [6, 6.07) is 0. The molecule has 0 rings (SSSR count). The number of carbonyl (C=O) groups excluding carboxylic acids is 1. The van der Waals surface area contributed by atoms with Crippen molar-refractivity contribution in [2.45, 2.75) is 39.7 Å². The SMILES string of the molecule is [CH2]C[C@@H](C)C(=O)OC(C)(C)C. The van der Waals surface area contributed by atoms with E-state index in [9.17, 15) is 4.79 Å². The summed E-state index contributed by atoms with van der Waals surface area (Å²) in [4.78, 5) is 11.1. The Morgan fingerprint density at radius 1 is 1.55 bits per heavy atom. The number of hydrogen-bond acceptors (Lipinski definition) is 2. The number of carbonyl (C=O) groups is 1. The van der Waals surface area contributed by atoms with Crippen molar-refractivity contribution >= 4 is 5.97 Å². The van der Waals surface area contributed by atoms with Gasteiger partial charge in [0.2, 0.25) is 0 Å². The molecule has 0 spiro atoms. The van der Waals surface area contributed by atoms with E-state index in [1.165, 1.54) is 0 Å². The second-order valence-corrected chi connectivity index (χ2v) is 3.72. The lowest BCUT2D eigenvalue weighted by molar-refractivity contribution is -0.159. The molecule has 0 fully saturated rings. The summed E-state index contributed by atoms with van der Waals surface area (Å²) >= 11 is 0. The zero-order valence-electron chi connectivity index (χ0n) is 7.81. The van der Waals surface area contributed by atoms with Gasteiger partial charge in [-0.05, 0) is 27.2 Å². The molecule has 0 bridgehead atoms. The van der Waals surface area contributed by atoms with Gasteiger partial charge < -0.3 is 4.74 Å². The summed E-state index contributed by atoms with van der Waals surface area (Å²) in [7, 11) is 0. The third-order valence-corrected chi connectivity index (χ3v) is 1.24. The summed E-state index contributed by atoms with van der Waals surface area (Å²) in [6.45, 7) is 11.0. The Morgan fingerprint density at radius 3 is 2.27 bits per heavy atom. The zero-order chi connectivity index (χ0) is 9.07. The maximum absolute atomic E-state index is 11.1. The Bertz CT molecular complexity index is 133. The minimum absolute atomic E-state index is 0.0887. The second kappa shape index (κ2) is 3.74. The summed E-state index contributed by atoms with van der Waals surface area (Å²) in [5.41, 5.74) is -0.374. The molecule has 2 heteroatoms. The molecule has 0 aromatic carbocycles. The van der Waals surface area contributed by atoms with Crippen LogP contribution in [0.2, 0.25) is 0 Å². The van der Waals surface area contributed by atoms with Crippen molar-refractivity contribution in [1.29, 1.82) is 0 Å². The third kappa shape index (κ3) is 4.82. The zero-order valence-corrected chi connectivity index (χ0v) is 7.81. The highest BCUT2D eigenvalue weighted by Crippen LogP contribution is 2.12. The van der Waals surface area contributed by atoms with Crippen LogP contribution in [0.3, 0.4) is 0 Å². The first kappa shape index (κ1) is 10.5. The molecular weight excluding hydrogens is 140 g/mol. The highest BCUT2D eigenvalue weighted by molar-refractivity contribution is 5.72. The molecule has 11 heavy (non-hydrogen) atoms. The number of ether oxygens (including phenoxy) is 1. The molecule has 0 aliphatic heterocycles. The van der Waals surface area contributed by atoms with Gasteiger partial charge in [-0.15, -0.1) is 0 Å². The van der Waals surface area contributed by atoms with E-state index >= 15 is 0 Å². The van der Waals surface area contributed by atoms with E-state index in [0.717, 1.165) is 0 Å². The van der Waals surface area contributed by atoms with Gasteiger partial charge in [0, 0.05) is 0 Å². The lowest BCUT2D eigenvalue weighted by Gasteiger charge is -2.21. The van der Waals surface area contributed by atoms with Crippen molar-refractivity contribution in [3.63, 3.8) is 0 Å². The fourth-order valence-corrected chi connectivity index (χ4v) is 0.520. The Labute approximate surface area is 68.9 Å². The molecule has 1 atom stereocenters. The van der Waals surface area contributed by atoms with E-state index in [2.05, 4.69) is 6.92 Å². The Balaban J connectivity index is 3.88. The van der Waals surface area contributed by atoms with Gasteiger partial charge in [0.05, 0.1) is 5.92 Å². The minimum atomic E-state index is -0.374. The topological polar surface area (TPSA) is 26.3 Å². The summed E-state index contributed by atoms with van der Waals surface area (Å²) in [6.07, 6.45) is 0.592. The summed E-state index contributed by atoms with van der Waals surface area (Å²) in [5.74, 6) is -0.248. The molecule has 0 amide bonds. The van der Waals surface area contributed by atoms with E-state index in [-0.39, 0.29) is 17.5 Å². The first-order valence-corrected chi connectivity index (χ1v) is 3.89. The first-order chi connectivity index (χ1) is 4.87. The second-order valence-electron chi connectivity index (χ2n) is 3.72. The van der Waals surface area contributed by atoms with Crippen LogP contribution in [-0.4, -0.2) is 11.6 Å². The van der Waals surface area contributed by atoms with Crippen molar-refractivity contribution in [1.82, 2.24) is 0 Å². The Kier molecular flexibility index (Phi) is 3.56. The molecule has 1 radical (unpaired) electrons. The predicted octanol–water partition coefficient (Wildman–Crippen LogP) is 2.19. The number of esters is 1. The average molecular weight is 157 g/mol. The van der Waals surface area contributed by atoms with E-state index in [0.29, 0.717) is 6.42 Å².